The molecular weight excluding hydrogens is 354 g/mol. The van der Waals surface area contributed by atoms with E-state index in [2.05, 4.69) is 10.6 Å². The van der Waals surface area contributed by atoms with Gasteiger partial charge >= 0.3 is 0 Å². The van der Waals surface area contributed by atoms with Gasteiger partial charge in [0.1, 0.15) is 12.7 Å². The maximum absolute atomic E-state index is 12.4. The van der Waals surface area contributed by atoms with Gasteiger partial charge in [-0.2, -0.15) is 0 Å². The molecular formula is C18H25N3O6. The van der Waals surface area contributed by atoms with E-state index in [1.165, 1.54) is 0 Å². The Morgan fingerprint density at radius 1 is 1.41 bits per heavy atom. The van der Waals surface area contributed by atoms with Crippen LogP contribution in [0.5, 0.6) is 0 Å². The van der Waals surface area contributed by atoms with Gasteiger partial charge < -0.3 is 35.2 Å². The van der Waals surface area contributed by atoms with E-state index in [0.29, 0.717) is 31.8 Å². The van der Waals surface area contributed by atoms with Gasteiger partial charge in [0.15, 0.2) is 0 Å². The summed E-state index contributed by atoms with van der Waals surface area (Å²) in [5.74, 6) is -0.246. The molecule has 3 atom stereocenters. The van der Waals surface area contributed by atoms with Crippen molar-refractivity contribution in [2.24, 2.45) is 0 Å². The van der Waals surface area contributed by atoms with Crippen molar-refractivity contribution >= 4 is 23.2 Å². The molecule has 0 saturated carbocycles. The molecule has 1 aromatic rings. The molecule has 4 N–H and O–H groups in total. The SMILES string of the molecule is O=C(Nc1ccc(N2CCOCC2=O)cc1)[C@H]1C[C@@H](OCC(O)CO)CN1. The number of morpholine rings is 1. The Morgan fingerprint density at radius 2 is 2.19 bits per heavy atom. The highest BCUT2D eigenvalue weighted by atomic mass is 16.5. The number of rotatable bonds is 7. The van der Waals surface area contributed by atoms with Crippen LogP contribution in [0.15, 0.2) is 24.3 Å². The van der Waals surface area contributed by atoms with Gasteiger partial charge in [0, 0.05) is 24.5 Å². The third-order valence-electron chi connectivity index (χ3n) is 4.57. The smallest absolute Gasteiger partial charge is 0.253 e. The molecule has 0 radical (unpaired) electrons. The van der Waals surface area contributed by atoms with Crippen LogP contribution < -0.4 is 15.5 Å². The molecule has 2 aliphatic rings. The summed E-state index contributed by atoms with van der Waals surface area (Å²) < 4.78 is 10.6. The zero-order chi connectivity index (χ0) is 19.2. The summed E-state index contributed by atoms with van der Waals surface area (Å²) in [6.45, 7) is 1.31. The van der Waals surface area contributed by atoms with Crippen molar-refractivity contribution in [2.75, 3.05) is 49.7 Å². The number of hydrogen-bond donors (Lipinski definition) is 4. The van der Waals surface area contributed by atoms with Crippen LogP contribution in [0.4, 0.5) is 11.4 Å². The van der Waals surface area contributed by atoms with Gasteiger partial charge in [0.25, 0.3) is 5.91 Å². The number of carbonyl (C=O) groups excluding carboxylic acids is 2. The average Bonchev–Trinajstić information content (AvgIpc) is 3.16. The van der Waals surface area contributed by atoms with Crippen LogP contribution in [-0.2, 0) is 19.1 Å². The molecule has 2 amide bonds. The lowest BCUT2D eigenvalue weighted by atomic mass is 10.2. The number of nitrogens with one attached hydrogen (secondary N) is 2. The van der Waals surface area contributed by atoms with Crippen molar-refractivity contribution < 1.29 is 29.3 Å². The Balaban J connectivity index is 1.49. The molecule has 27 heavy (non-hydrogen) atoms. The first-order valence-electron chi connectivity index (χ1n) is 8.99. The van der Waals surface area contributed by atoms with Crippen LogP contribution in [-0.4, -0.2) is 79.8 Å². The van der Waals surface area contributed by atoms with Crippen LogP contribution in [0, 0.1) is 0 Å². The molecule has 2 fully saturated rings. The quantitative estimate of drug-likeness (QED) is 0.484. The third-order valence-corrected chi connectivity index (χ3v) is 4.57. The third kappa shape index (κ3) is 5.24. The molecule has 1 aromatic carbocycles. The summed E-state index contributed by atoms with van der Waals surface area (Å²) in [7, 11) is 0. The van der Waals surface area contributed by atoms with E-state index in [0.717, 1.165) is 5.69 Å². The Bertz CT molecular complexity index is 653. The Hall–Kier alpha value is -2.04. The average molecular weight is 379 g/mol. The number of nitrogens with zero attached hydrogens (tertiary/aromatic N) is 1. The lowest BCUT2D eigenvalue weighted by Crippen LogP contribution is -2.41. The minimum atomic E-state index is -0.908. The van der Waals surface area contributed by atoms with E-state index >= 15 is 0 Å². The highest BCUT2D eigenvalue weighted by molar-refractivity contribution is 5.97. The predicted molar refractivity (Wildman–Crippen MR) is 97.5 cm³/mol. The van der Waals surface area contributed by atoms with Gasteiger partial charge in [-0.15, -0.1) is 0 Å². The number of aliphatic hydroxyl groups excluding tert-OH is 2. The molecule has 0 aromatic heterocycles. The van der Waals surface area contributed by atoms with Crippen molar-refractivity contribution in [3.05, 3.63) is 24.3 Å². The molecule has 148 valence electrons. The summed E-state index contributed by atoms with van der Waals surface area (Å²) in [5.41, 5.74) is 1.42. The molecule has 0 aliphatic carbocycles. The van der Waals surface area contributed by atoms with Crippen LogP contribution in [0.2, 0.25) is 0 Å². The van der Waals surface area contributed by atoms with Crippen LogP contribution in [0.25, 0.3) is 0 Å². The molecule has 2 saturated heterocycles. The first-order valence-corrected chi connectivity index (χ1v) is 8.99. The normalized spacial score (nSPS) is 24.1. The second kappa shape index (κ2) is 9.25. The number of carbonyl (C=O) groups is 2. The molecule has 3 rings (SSSR count). The molecule has 1 unspecified atom stereocenters. The molecule has 0 bridgehead atoms. The van der Waals surface area contributed by atoms with Gasteiger partial charge in [-0.1, -0.05) is 0 Å². The Kier molecular flexibility index (Phi) is 6.75. The fraction of sp³-hybridized carbons (Fsp3) is 0.556. The number of ether oxygens (including phenoxy) is 2. The molecule has 2 aliphatic heterocycles. The highest BCUT2D eigenvalue weighted by Crippen LogP contribution is 2.20. The van der Waals surface area contributed by atoms with E-state index < -0.39 is 6.10 Å². The zero-order valence-electron chi connectivity index (χ0n) is 15.0. The molecule has 9 heteroatoms. The van der Waals surface area contributed by atoms with Crippen LogP contribution >= 0.6 is 0 Å². The second-order valence-electron chi connectivity index (χ2n) is 6.62. The fourth-order valence-corrected chi connectivity index (χ4v) is 3.07. The standard InChI is InChI=1S/C18H25N3O6/c22-9-14(23)10-27-15-7-16(19-8-15)18(25)20-12-1-3-13(4-2-12)21-5-6-26-11-17(21)24/h1-4,14-16,19,22-23H,5-11H2,(H,20,25)/t14?,15-,16-/m1/s1. The van der Waals surface area contributed by atoms with E-state index in [4.69, 9.17) is 14.6 Å². The molecule has 0 spiro atoms. The summed E-state index contributed by atoms with van der Waals surface area (Å²) >= 11 is 0. The van der Waals surface area contributed by atoms with Gasteiger partial charge in [-0.25, -0.2) is 0 Å². The minimum absolute atomic E-state index is 0.0406. The fourth-order valence-electron chi connectivity index (χ4n) is 3.07. The van der Waals surface area contributed by atoms with Gasteiger partial charge in [-0.05, 0) is 30.7 Å². The predicted octanol–water partition coefficient (Wildman–Crippen LogP) is -0.911. The lowest BCUT2D eigenvalue weighted by molar-refractivity contribution is -0.125. The number of aliphatic hydroxyl groups is 2. The van der Waals surface area contributed by atoms with E-state index in [9.17, 15) is 14.7 Å². The largest absolute Gasteiger partial charge is 0.394 e. The van der Waals surface area contributed by atoms with Crippen molar-refractivity contribution in [1.29, 1.82) is 0 Å². The number of anilines is 2. The molecule has 9 nitrogen and oxygen atoms in total. The number of hydrogen-bond acceptors (Lipinski definition) is 7. The molecule has 2 heterocycles. The first-order chi connectivity index (χ1) is 13.1. The van der Waals surface area contributed by atoms with Gasteiger partial charge in [0.05, 0.1) is 32.0 Å². The maximum atomic E-state index is 12.4. The van der Waals surface area contributed by atoms with Crippen molar-refractivity contribution in [2.45, 2.75) is 24.7 Å². The highest BCUT2D eigenvalue weighted by Gasteiger charge is 2.30. The zero-order valence-corrected chi connectivity index (χ0v) is 15.0. The summed E-state index contributed by atoms with van der Waals surface area (Å²) in [5, 5.41) is 24.0. The van der Waals surface area contributed by atoms with Crippen molar-refractivity contribution in [3.63, 3.8) is 0 Å². The van der Waals surface area contributed by atoms with E-state index in [1.807, 2.05) is 0 Å². The van der Waals surface area contributed by atoms with Gasteiger partial charge in [-0.3, -0.25) is 9.59 Å². The maximum Gasteiger partial charge on any atom is 0.253 e. The Morgan fingerprint density at radius 3 is 2.89 bits per heavy atom. The van der Waals surface area contributed by atoms with Crippen LogP contribution in [0.3, 0.4) is 0 Å². The summed E-state index contributed by atoms with van der Waals surface area (Å²) in [6, 6.07) is 6.72. The first kappa shape index (κ1) is 19.7. The van der Waals surface area contributed by atoms with Gasteiger partial charge in [0.2, 0.25) is 5.91 Å². The monoisotopic (exact) mass is 379 g/mol. The number of benzene rings is 1. The van der Waals surface area contributed by atoms with E-state index in [1.54, 1.807) is 29.2 Å². The lowest BCUT2D eigenvalue weighted by Gasteiger charge is -2.27. The minimum Gasteiger partial charge on any atom is -0.394 e. The Labute approximate surface area is 157 Å². The van der Waals surface area contributed by atoms with Crippen LogP contribution in [0.1, 0.15) is 6.42 Å². The number of amides is 2. The second-order valence-corrected chi connectivity index (χ2v) is 6.62. The van der Waals surface area contributed by atoms with Crippen molar-refractivity contribution in [1.82, 2.24) is 5.32 Å². The topological polar surface area (TPSA) is 120 Å². The summed E-state index contributed by atoms with van der Waals surface area (Å²) in [6.07, 6.45) is -0.601. The van der Waals surface area contributed by atoms with Crippen molar-refractivity contribution in [3.8, 4) is 0 Å². The van der Waals surface area contributed by atoms with E-state index in [-0.39, 0.29) is 43.8 Å². The summed E-state index contributed by atoms with van der Waals surface area (Å²) in [4.78, 5) is 25.9.